The van der Waals surface area contributed by atoms with Crippen molar-refractivity contribution >= 4 is 74.7 Å². The zero-order valence-corrected chi connectivity index (χ0v) is 21.4. The van der Waals surface area contributed by atoms with Gasteiger partial charge in [0.2, 0.25) is 5.89 Å². The number of allylic oxidation sites excluding steroid dienone is 1. The molecule has 0 unspecified atom stereocenters. The number of hydrogen-bond donors (Lipinski definition) is 0. The molecule has 0 spiro atoms. The summed E-state index contributed by atoms with van der Waals surface area (Å²) in [5, 5.41) is 0.454. The summed E-state index contributed by atoms with van der Waals surface area (Å²) < 4.78 is 9.06. The van der Waals surface area contributed by atoms with Gasteiger partial charge < -0.3 is 4.42 Å². The van der Waals surface area contributed by atoms with Crippen LogP contribution in [0.15, 0.2) is 82.8 Å². The van der Waals surface area contributed by atoms with Crippen molar-refractivity contribution in [1.29, 1.82) is 0 Å². The van der Waals surface area contributed by atoms with Gasteiger partial charge in [0.05, 0.1) is 21.3 Å². The van der Waals surface area contributed by atoms with E-state index in [1.54, 1.807) is 12.1 Å². The predicted molar refractivity (Wildman–Crippen MR) is 145 cm³/mol. The molecule has 0 aliphatic heterocycles. The van der Waals surface area contributed by atoms with Gasteiger partial charge >= 0.3 is 0 Å². The summed E-state index contributed by atoms with van der Waals surface area (Å²) in [4.78, 5) is 31.0. The Balaban J connectivity index is 1.52. The lowest BCUT2D eigenvalue weighted by Crippen LogP contribution is -2.03. The Hall–Kier alpha value is -3.20. The van der Waals surface area contributed by atoms with E-state index < -0.39 is 11.6 Å². The van der Waals surface area contributed by atoms with Crippen LogP contribution in [0, 0.1) is 3.57 Å². The van der Waals surface area contributed by atoms with E-state index in [1.807, 2.05) is 59.2 Å². The lowest BCUT2D eigenvalue weighted by atomic mass is 10.1. The SMILES string of the molecule is O=C1C(=Cc2cc3oc(-c4ccc(I)cc4)nc3n2-c2ccccc2)C(=O)c2cc(Cl)c(Cl)cc21. The highest BCUT2D eigenvalue weighted by atomic mass is 127. The molecule has 3 aromatic carbocycles. The van der Waals surface area contributed by atoms with E-state index in [0.29, 0.717) is 22.8 Å². The summed E-state index contributed by atoms with van der Waals surface area (Å²) in [6.45, 7) is 0. The lowest BCUT2D eigenvalue weighted by Gasteiger charge is -2.07. The fraction of sp³-hybridized carbons (Fsp3) is 0. The summed E-state index contributed by atoms with van der Waals surface area (Å²) >= 11 is 14.4. The number of para-hydroxylation sites is 1. The number of ketones is 2. The molecule has 2 aromatic heterocycles. The molecule has 0 saturated carbocycles. The van der Waals surface area contributed by atoms with Crippen molar-refractivity contribution in [2.45, 2.75) is 0 Å². The van der Waals surface area contributed by atoms with Crippen LogP contribution in [0.5, 0.6) is 0 Å². The van der Waals surface area contributed by atoms with Crippen molar-refractivity contribution in [3.8, 4) is 17.1 Å². The maximum atomic E-state index is 13.1. The Labute approximate surface area is 223 Å². The van der Waals surface area contributed by atoms with E-state index in [9.17, 15) is 9.59 Å². The highest BCUT2D eigenvalue weighted by molar-refractivity contribution is 14.1. The summed E-state index contributed by atoms with van der Waals surface area (Å²) in [5.74, 6) is -0.304. The molecule has 6 rings (SSSR count). The molecule has 0 saturated heterocycles. The first kappa shape index (κ1) is 22.3. The standard InChI is InChI=1S/C27H13Cl2IN2O3/c28-21-12-18-19(13-22(21)29)25(34)20(24(18)33)10-17-11-23-26(32(17)16-4-2-1-3-5-16)31-27(35-23)14-6-8-15(30)9-7-14/h1-13H. The molecular weight excluding hydrogens is 598 g/mol. The van der Waals surface area contributed by atoms with Crippen LogP contribution in [0.1, 0.15) is 26.4 Å². The van der Waals surface area contributed by atoms with Crippen LogP contribution >= 0.6 is 45.8 Å². The highest BCUT2D eigenvalue weighted by Gasteiger charge is 2.34. The molecule has 1 aliphatic rings. The molecule has 2 heterocycles. The van der Waals surface area contributed by atoms with Gasteiger partial charge in [0.25, 0.3) is 0 Å². The van der Waals surface area contributed by atoms with E-state index in [-0.39, 0.29) is 26.7 Å². The molecule has 5 aromatic rings. The van der Waals surface area contributed by atoms with E-state index in [0.717, 1.165) is 14.8 Å². The molecule has 0 radical (unpaired) electrons. The number of Topliss-reactive ketones (excluding diaryl/α,β-unsaturated/α-hetero) is 2. The van der Waals surface area contributed by atoms with Gasteiger partial charge in [-0.25, -0.2) is 0 Å². The average Bonchev–Trinajstić information content (AvgIpc) is 3.47. The van der Waals surface area contributed by atoms with Crippen molar-refractivity contribution in [3.05, 3.63) is 109 Å². The van der Waals surface area contributed by atoms with E-state index in [4.69, 9.17) is 32.6 Å². The summed E-state index contributed by atoms with van der Waals surface area (Å²) in [6, 6.07) is 22.1. The molecule has 35 heavy (non-hydrogen) atoms. The van der Waals surface area contributed by atoms with Gasteiger partial charge in [0, 0.05) is 32.0 Å². The Morgan fingerprint density at radius 3 is 2.11 bits per heavy atom. The average molecular weight is 611 g/mol. The van der Waals surface area contributed by atoms with Gasteiger partial charge in [0.1, 0.15) is 0 Å². The van der Waals surface area contributed by atoms with Crippen LogP contribution in [0.2, 0.25) is 10.0 Å². The zero-order chi connectivity index (χ0) is 24.3. The van der Waals surface area contributed by atoms with Gasteiger partial charge in [-0.1, -0.05) is 41.4 Å². The monoisotopic (exact) mass is 610 g/mol. The second kappa shape index (κ2) is 8.48. The largest absolute Gasteiger partial charge is 0.434 e. The normalized spacial score (nSPS) is 13.1. The van der Waals surface area contributed by atoms with E-state index >= 15 is 0 Å². The first-order valence-corrected chi connectivity index (χ1v) is 12.4. The smallest absolute Gasteiger partial charge is 0.228 e. The molecule has 0 fully saturated rings. The molecule has 5 nitrogen and oxygen atoms in total. The first-order valence-electron chi connectivity index (χ1n) is 10.5. The van der Waals surface area contributed by atoms with Crippen LogP contribution < -0.4 is 0 Å². The maximum absolute atomic E-state index is 13.1. The number of rotatable bonds is 3. The number of nitrogens with zero attached hydrogens (tertiary/aromatic N) is 2. The quantitative estimate of drug-likeness (QED) is 0.119. The van der Waals surface area contributed by atoms with Crippen molar-refractivity contribution in [2.75, 3.05) is 0 Å². The number of carbonyl (C=O) groups is 2. The van der Waals surface area contributed by atoms with Crippen molar-refractivity contribution in [1.82, 2.24) is 9.55 Å². The topological polar surface area (TPSA) is 65.1 Å². The minimum Gasteiger partial charge on any atom is -0.434 e. The molecule has 8 heteroatoms. The second-order valence-corrected chi connectivity index (χ2v) is 10.0. The van der Waals surface area contributed by atoms with Crippen molar-refractivity contribution in [3.63, 3.8) is 0 Å². The third kappa shape index (κ3) is 3.73. The fourth-order valence-corrected chi connectivity index (χ4v) is 4.85. The minimum absolute atomic E-state index is 0.0357. The van der Waals surface area contributed by atoms with Gasteiger partial charge in [-0.15, -0.1) is 0 Å². The lowest BCUT2D eigenvalue weighted by molar-refractivity contribution is 0.0990. The molecule has 170 valence electrons. The van der Waals surface area contributed by atoms with Gasteiger partial charge in [-0.2, -0.15) is 4.98 Å². The Kier molecular flexibility index (Phi) is 5.40. The number of aromatic nitrogens is 2. The van der Waals surface area contributed by atoms with E-state index in [2.05, 4.69) is 22.6 Å². The molecule has 0 bridgehead atoms. The number of oxazole rings is 1. The number of carbonyl (C=O) groups excluding carboxylic acids is 2. The molecular formula is C27H13Cl2IN2O3. The van der Waals surface area contributed by atoms with Crippen LogP contribution in [-0.2, 0) is 0 Å². The third-order valence-electron chi connectivity index (χ3n) is 5.82. The Bertz CT molecular complexity index is 1660. The molecule has 0 amide bonds. The van der Waals surface area contributed by atoms with Crippen LogP contribution in [0.3, 0.4) is 0 Å². The summed E-state index contributed by atoms with van der Waals surface area (Å²) in [7, 11) is 0. The maximum Gasteiger partial charge on any atom is 0.228 e. The molecule has 1 aliphatic carbocycles. The van der Waals surface area contributed by atoms with Crippen LogP contribution in [0.25, 0.3) is 34.4 Å². The second-order valence-electron chi connectivity index (χ2n) is 7.98. The Morgan fingerprint density at radius 1 is 0.857 bits per heavy atom. The third-order valence-corrected chi connectivity index (χ3v) is 7.26. The number of benzene rings is 3. The highest BCUT2D eigenvalue weighted by Crippen LogP contribution is 2.36. The minimum atomic E-state index is -0.395. The molecule has 0 atom stereocenters. The van der Waals surface area contributed by atoms with Crippen LogP contribution in [-0.4, -0.2) is 21.1 Å². The van der Waals surface area contributed by atoms with Gasteiger partial charge in [-0.3, -0.25) is 14.2 Å². The van der Waals surface area contributed by atoms with Crippen LogP contribution in [0.4, 0.5) is 0 Å². The zero-order valence-electron chi connectivity index (χ0n) is 17.8. The van der Waals surface area contributed by atoms with Crippen molar-refractivity contribution in [2.24, 2.45) is 0 Å². The molecule has 0 N–H and O–H groups in total. The first-order chi connectivity index (χ1) is 16.9. The number of halogens is 3. The summed E-state index contributed by atoms with van der Waals surface area (Å²) in [6.07, 6.45) is 1.57. The number of fused-ring (bicyclic) bond motifs is 2. The van der Waals surface area contributed by atoms with E-state index in [1.165, 1.54) is 12.1 Å². The number of hydrogen-bond acceptors (Lipinski definition) is 4. The van der Waals surface area contributed by atoms with Gasteiger partial charge in [0.15, 0.2) is 22.8 Å². The summed E-state index contributed by atoms with van der Waals surface area (Å²) in [5.41, 5.74) is 3.91. The van der Waals surface area contributed by atoms with Crippen molar-refractivity contribution < 1.29 is 14.0 Å². The predicted octanol–water partition coefficient (Wildman–Crippen LogP) is 7.66. The Morgan fingerprint density at radius 2 is 1.49 bits per heavy atom. The fourth-order valence-electron chi connectivity index (χ4n) is 4.16. The van der Waals surface area contributed by atoms with Gasteiger partial charge in [-0.05, 0) is 77.2 Å².